The number of carbonyl (C=O) groups is 6. The number of benzene rings is 2. The van der Waals surface area contributed by atoms with Gasteiger partial charge in [0.25, 0.3) is 5.91 Å². The van der Waals surface area contributed by atoms with E-state index in [2.05, 4.69) is 54.8 Å². The van der Waals surface area contributed by atoms with E-state index in [0.717, 1.165) is 44.7 Å². The monoisotopic (exact) mass is 1050 g/mol. The Balaban J connectivity index is 0.000000422. The van der Waals surface area contributed by atoms with Gasteiger partial charge < -0.3 is 60.9 Å². The Labute approximate surface area is 443 Å². The Bertz CT molecular complexity index is 2870. The van der Waals surface area contributed by atoms with Crippen LogP contribution in [0.3, 0.4) is 0 Å². The zero-order valence-corrected chi connectivity index (χ0v) is 45.2. The Kier molecular flexibility index (Phi) is 22.7. The molecule has 6 rings (SSSR count). The van der Waals surface area contributed by atoms with Gasteiger partial charge in [-0.05, 0) is 105 Å². The third-order valence-electron chi connectivity index (χ3n) is 11.3. The summed E-state index contributed by atoms with van der Waals surface area (Å²) in [5, 5.41) is 17.0. The zero-order chi connectivity index (χ0) is 56.1. The van der Waals surface area contributed by atoms with Gasteiger partial charge in [-0.2, -0.15) is 10.2 Å². The number of aldehydes is 1. The van der Waals surface area contributed by atoms with Crippen molar-refractivity contribution in [1.29, 1.82) is 0 Å². The number of likely N-dealkylation sites (N-methyl/N-ethyl adjacent to an activating group) is 1. The molecule has 0 unspecified atom stereocenters. The molecule has 5 aromatic rings. The summed E-state index contributed by atoms with van der Waals surface area (Å²) < 4.78 is 22.2. The lowest BCUT2D eigenvalue weighted by Crippen LogP contribution is -2.48. The molecule has 2 aromatic carbocycles. The fourth-order valence-corrected chi connectivity index (χ4v) is 7.66. The molecule has 0 radical (unpaired) electrons. The lowest BCUT2D eigenvalue weighted by Gasteiger charge is -2.33. The minimum Gasteiger partial charge on any atom is -0.494 e. The highest BCUT2D eigenvalue weighted by atomic mass is 16.6. The van der Waals surface area contributed by atoms with Gasteiger partial charge in [0.15, 0.2) is 6.29 Å². The fourth-order valence-electron chi connectivity index (χ4n) is 7.66. The van der Waals surface area contributed by atoms with Crippen molar-refractivity contribution in [3.63, 3.8) is 0 Å². The van der Waals surface area contributed by atoms with Gasteiger partial charge in [-0.25, -0.2) is 9.78 Å². The molecule has 1 fully saturated rings. The molecule has 0 spiro atoms. The van der Waals surface area contributed by atoms with Crippen molar-refractivity contribution in [1.82, 2.24) is 49.5 Å². The van der Waals surface area contributed by atoms with Gasteiger partial charge in [-0.3, -0.25) is 38.3 Å². The van der Waals surface area contributed by atoms with Gasteiger partial charge >= 0.3 is 6.09 Å². The number of carbonyl (C=O) groups excluding carboxylic acids is 6. The third kappa shape index (κ3) is 17.0. The maximum atomic E-state index is 13.3. The second-order valence-corrected chi connectivity index (χ2v) is 18.1. The lowest BCUT2D eigenvalue weighted by atomic mass is 10.1. The van der Waals surface area contributed by atoms with Crippen LogP contribution in [0.2, 0.25) is 0 Å². The maximum absolute atomic E-state index is 13.3. The van der Waals surface area contributed by atoms with Crippen LogP contribution < -0.4 is 41.8 Å². The number of rotatable bonds is 22. The summed E-state index contributed by atoms with van der Waals surface area (Å²) in [6, 6.07) is 9.66. The number of ether oxygens (including phenoxy) is 3. The van der Waals surface area contributed by atoms with E-state index < -0.39 is 11.8 Å². The third-order valence-corrected chi connectivity index (χ3v) is 11.3. The number of nitrogens with one attached hydrogen (secondary N) is 3. The number of primary amides is 2. The quantitative estimate of drug-likeness (QED) is 0.0210. The maximum Gasteiger partial charge on any atom is 0.410 e. The second-order valence-electron chi connectivity index (χ2n) is 18.1. The van der Waals surface area contributed by atoms with Crippen LogP contribution in [0.5, 0.6) is 11.5 Å². The van der Waals surface area contributed by atoms with E-state index in [9.17, 15) is 28.8 Å². The molecule has 7 N–H and O–H groups in total. The number of fused-ring (bicyclic) bond motifs is 1. The number of aromatic nitrogens is 6. The van der Waals surface area contributed by atoms with E-state index in [4.69, 9.17) is 25.7 Å². The molecule has 1 aliphatic heterocycles. The lowest BCUT2D eigenvalue weighted by molar-refractivity contribution is -0.109. The number of hydrogen-bond acceptors (Lipinski definition) is 16. The highest BCUT2D eigenvalue weighted by molar-refractivity contribution is 5.99. The van der Waals surface area contributed by atoms with Crippen LogP contribution >= 0.6 is 0 Å². The van der Waals surface area contributed by atoms with Gasteiger partial charge in [-0.1, -0.05) is 18.2 Å². The summed E-state index contributed by atoms with van der Waals surface area (Å²) >= 11 is 0. The fraction of sp³-hybridized carbons (Fsp3) is 0.423. The smallest absolute Gasteiger partial charge is 0.410 e. The van der Waals surface area contributed by atoms with E-state index >= 15 is 0 Å². The number of aryl methyl sites for hydroxylation is 4. The molecule has 1 saturated heterocycles. The van der Waals surface area contributed by atoms with Crippen molar-refractivity contribution >= 4 is 71.6 Å². The van der Waals surface area contributed by atoms with Crippen molar-refractivity contribution in [2.45, 2.75) is 73.7 Å². The molecule has 0 atom stereocenters. The topological polar surface area (TPSA) is 294 Å². The van der Waals surface area contributed by atoms with Crippen molar-refractivity contribution in [2.75, 3.05) is 84.0 Å². The summed E-state index contributed by atoms with van der Waals surface area (Å²) in [4.78, 5) is 84.6. The molecule has 24 heteroatoms. The number of anilines is 2. The molecular formula is C52H73N15O9. The molecule has 3 aromatic heterocycles. The Morgan fingerprint density at radius 1 is 0.868 bits per heavy atom. The van der Waals surface area contributed by atoms with E-state index in [0.29, 0.717) is 83.0 Å². The molecular weight excluding hydrogens is 979 g/mol. The van der Waals surface area contributed by atoms with Crippen LogP contribution in [0.15, 0.2) is 65.7 Å². The summed E-state index contributed by atoms with van der Waals surface area (Å²) in [6.07, 6.45) is 8.48. The molecule has 0 bridgehead atoms. The van der Waals surface area contributed by atoms with Crippen LogP contribution in [-0.2, 0) is 29.2 Å². The minimum absolute atomic E-state index is 0.0193. The molecule has 0 saturated carbocycles. The summed E-state index contributed by atoms with van der Waals surface area (Å²) in [6.45, 7) is 22.6. The molecule has 410 valence electrons. The zero-order valence-electron chi connectivity index (χ0n) is 45.2. The van der Waals surface area contributed by atoms with Crippen LogP contribution in [0.1, 0.15) is 87.7 Å². The normalized spacial score (nSPS) is 12.5. The van der Waals surface area contributed by atoms with E-state index in [-0.39, 0.29) is 48.5 Å². The predicted octanol–water partition coefficient (Wildman–Crippen LogP) is 4.47. The van der Waals surface area contributed by atoms with E-state index in [1.807, 2.05) is 70.1 Å². The van der Waals surface area contributed by atoms with Gasteiger partial charge in [0.1, 0.15) is 46.3 Å². The largest absolute Gasteiger partial charge is 0.494 e. The van der Waals surface area contributed by atoms with Crippen LogP contribution in [0, 0.1) is 13.8 Å². The number of amides is 5. The molecule has 0 aliphatic carbocycles. The summed E-state index contributed by atoms with van der Waals surface area (Å²) in [5.74, 6) is -0.440. The van der Waals surface area contributed by atoms with Gasteiger partial charge in [0, 0.05) is 77.1 Å². The average Bonchev–Trinajstić information content (AvgIpc) is 4.09. The molecule has 76 heavy (non-hydrogen) atoms. The Hall–Kier alpha value is -8.54. The van der Waals surface area contributed by atoms with Crippen molar-refractivity contribution in [3.8, 4) is 11.5 Å². The number of hydrogen-bond donors (Lipinski definition) is 5. The SMILES string of the molecule is C=Nc1cc(C(N)=O)cc(OC)c1N(C/C=C/Cn1c(NC)nc2cc(C(N)=O)cc(OC/C=C/CNC=O)c21)CNC(=O)c1cc(C)nn1CC.CCn1nc(C)cc1C=O.CN1CCN(C(=O)OC(C)(C)C)CC1. The number of nitrogens with zero attached hydrogens (tertiary/aromatic N) is 10. The standard InChI is InChI=1S/C35H43N11O6.C10H20N2O2.C7H10N2O/c1-6-46-27(15-22(2)43-46)34(50)41-20-44(30-25(38-3)16-23(32(36)48)18-28(30)51-5)12-8-9-13-45-31-26(42-35(45)39-4)17-24(33(37)49)19-29(31)52-14-10-7-11-40-21-47;1-10(2,3)14-9(13)12-7-5-11(4)6-8-12;1-3-9-7(5-10)4-6(2)8-9/h7-10,15-19,21H,3,6,11-14,20H2,1-2,4-5H3,(H2,36,48)(H2,37,49)(H,39,42)(H,40,47)(H,41,50);5-8H2,1-4H3;4-5H,3H2,1-2H3/b9-8+,10-7+;;. The van der Waals surface area contributed by atoms with Crippen molar-refractivity contribution < 1.29 is 43.0 Å². The Morgan fingerprint density at radius 2 is 1.51 bits per heavy atom. The second kappa shape index (κ2) is 28.8. The number of nitrogens with two attached hydrogens (primary N) is 2. The minimum atomic E-state index is -0.664. The highest BCUT2D eigenvalue weighted by Gasteiger charge is 2.25. The predicted molar refractivity (Wildman–Crippen MR) is 292 cm³/mol. The first kappa shape index (κ1) is 60.0. The van der Waals surface area contributed by atoms with Crippen LogP contribution in [-0.4, -0.2) is 161 Å². The number of methoxy groups -OCH3 is 1. The van der Waals surface area contributed by atoms with Crippen LogP contribution in [0.25, 0.3) is 11.0 Å². The number of allylic oxidation sites excluding steroid dienone is 1. The van der Waals surface area contributed by atoms with Gasteiger partial charge in [-0.15, -0.1) is 0 Å². The first-order valence-corrected chi connectivity index (χ1v) is 24.6. The Morgan fingerprint density at radius 3 is 2.09 bits per heavy atom. The van der Waals surface area contributed by atoms with Crippen molar-refractivity contribution in [2.24, 2.45) is 16.5 Å². The highest BCUT2D eigenvalue weighted by Crippen LogP contribution is 2.39. The molecule has 24 nitrogen and oxygen atoms in total. The van der Waals surface area contributed by atoms with E-state index in [1.165, 1.54) is 19.2 Å². The van der Waals surface area contributed by atoms with E-state index in [1.54, 1.807) is 57.7 Å². The number of piperazine rings is 1. The summed E-state index contributed by atoms with van der Waals surface area (Å²) in [7, 11) is 5.24. The molecule has 1 aliphatic rings. The number of aliphatic imine (C=N–C) groups is 1. The number of imidazole rings is 1. The molecule has 5 amide bonds. The average molecular weight is 1050 g/mol. The van der Waals surface area contributed by atoms with Crippen LogP contribution in [0.4, 0.5) is 22.1 Å². The van der Waals surface area contributed by atoms with Crippen molar-refractivity contribution in [3.05, 3.63) is 94.6 Å². The first-order chi connectivity index (χ1) is 36.2. The van der Waals surface area contributed by atoms with Gasteiger partial charge in [0.2, 0.25) is 24.2 Å². The first-order valence-electron chi connectivity index (χ1n) is 24.6. The molecule has 4 heterocycles. The summed E-state index contributed by atoms with van der Waals surface area (Å²) in [5.41, 5.74) is 15.8. The van der Waals surface area contributed by atoms with Gasteiger partial charge in [0.05, 0.1) is 36.4 Å².